The Morgan fingerprint density at radius 2 is 2.50 bits per heavy atom. The van der Waals surface area contributed by atoms with Crippen LogP contribution in [0.2, 0.25) is 0 Å². The number of carbonyl (C=O) groups excluding carboxylic acids is 1. The van der Waals surface area contributed by atoms with Gasteiger partial charge in [0.05, 0.1) is 0 Å². The van der Waals surface area contributed by atoms with E-state index in [0.29, 0.717) is 13.1 Å². The van der Waals surface area contributed by atoms with E-state index in [1.807, 2.05) is 0 Å². The van der Waals surface area contributed by atoms with Gasteiger partial charge in [-0.2, -0.15) is 0 Å². The van der Waals surface area contributed by atoms with Crippen LogP contribution < -0.4 is 0 Å². The fourth-order valence-corrected chi connectivity index (χ4v) is 1.71. The predicted octanol–water partition coefficient (Wildman–Crippen LogP) is 0.796. The molecular weight excluding hydrogens is 178 g/mol. The summed E-state index contributed by atoms with van der Waals surface area (Å²) in [5.41, 5.74) is 0. The first-order valence-corrected chi connectivity index (χ1v) is 4.50. The van der Waals surface area contributed by atoms with E-state index in [1.165, 1.54) is 17.8 Å². The van der Waals surface area contributed by atoms with Crippen molar-refractivity contribution < 1.29 is 14.7 Å². The predicted molar refractivity (Wildman–Crippen MR) is 46.2 cm³/mol. The number of carbonyl (C=O) groups is 2. The highest BCUT2D eigenvalue weighted by Gasteiger charge is 2.19. The molecule has 0 saturated carbocycles. The van der Waals surface area contributed by atoms with E-state index in [-0.39, 0.29) is 5.24 Å². The third-order valence-corrected chi connectivity index (χ3v) is 2.32. The van der Waals surface area contributed by atoms with Gasteiger partial charge in [0.25, 0.3) is 5.24 Å². The molecule has 0 radical (unpaired) electrons. The molecule has 0 aliphatic carbocycles. The third kappa shape index (κ3) is 2.58. The summed E-state index contributed by atoms with van der Waals surface area (Å²) in [5.74, 6) is -0.172. The molecule has 1 aliphatic heterocycles. The number of rotatable bonds is 3. The van der Waals surface area contributed by atoms with Gasteiger partial charge in [-0.25, -0.2) is 4.79 Å². The minimum Gasteiger partial charge on any atom is -0.478 e. The summed E-state index contributed by atoms with van der Waals surface area (Å²) in [6.07, 6.45) is 2.53. The van der Waals surface area contributed by atoms with E-state index in [1.54, 1.807) is 4.90 Å². The molecule has 4 nitrogen and oxygen atoms in total. The van der Waals surface area contributed by atoms with Gasteiger partial charge in [0.1, 0.15) is 0 Å². The molecule has 0 unspecified atom stereocenters. The lowest BCUT2D eigenvalue weighted by atomic mass is 10.4. The summed E-state index contributed by atoms with van der Waals surface area (Å²) in [7, 11) is 0. The Morgan fingerprint density at radius 1 is 1.75 bits per heavy atom. The zero-order chi connectivity index (χ0) is 8.97. The van der Waals surface area contributed by atoms with Crippen molar-refractivity contribution >= 4 is 23.0 Å². The van der Waals surface area contributed by atoms with Crippen molar-refractivity contribution in [3.8, 4) is 0 Å². The molecule has 0 aromatic heterocycles. The quantitative estimate of drug-likeness (QED) is 0.664. The second-order valence-electron chi connectivity index (χ2n) is 2.30. The van der Waals surface area contributed by atoms with Gasteiger partial charge in [-0.1, -0.05) is 17.8 Å². The lowest BCUT2D eigenvalue weighted by molar-refractivity contribution is -0.131. The van der Waals surface area contributed by atoms with Gasteiger partial charge in [-0.3, -0.25) is 4.79 Å². The molecule has 1 rings (SSSR count). The fourth-order valence-electron chi connectivity index (χ4n) is 0.872. The highest BCUT2D eigenvalue weighted by molar-refractivity contribution is 8.13. The fraction of sp³-hybridized carbons (Fsp3) is 0.429. The van der Waals surface area contributed by atoms with Crippen LogP contribution in [0.1, 0.15) is 0 Å². The lowest BCUT2D eigenvalue weighted by Crippen LogP contribution is -2.23. The summed E-state index contributed by atoms with van der Waals surface area (Å²) in [6.45, 7) is 1.12. The van der Waals surface area contributed by atoms with Crippen molar-refractivity contribution in [2.45, 2.75) is 0 Å². The zero-order valence-corrected chi connectivity index (χ0v) is 7.21. The van der Waals surface area contributed by atoms with Crippen LogP contribution in [0.5, 0.6) is 0 Å². The topological polar surface area (TPSA) is 57.6 Å². The maximum absolute atomic E-state index is 11.0. The molecule has 1 heterocycles. The molecule has 5 heteroatoms. The average molecular weight is 187 g/mol. The van der Waals surface area contributed by atoms with Crippen molar-refractivity contribution in [3.63, 3.8) is 0 Å². The number of amides is 1. The summed E-state index contributed by atoms with van der Waals surface area (Å²) < 4.78 is 0. The van der Waals surface area contributed by atoms with Gasteiger partial charge < -0.3 is 10.0 Å². The van der Waals surface area contributed by atoms with Crippen LogP contribution in [0.15, 0.2) is 12.2 Å². The maximum Gasteiger partial charge on any atom is 0.328 e. The number of carboxylic acids is 1. The summed E-state index contributed by atoms with van der Waals surface area (Å²) in [4.78, 5) is 22.6. The molecule has 0 atom stereocenters. The van der Waals surface area contributed by atoms with Crippen molar-refractivity contribution in [2.75, 3.05) is 18.8 Å². The molecule has 0 spiro atoms. The number of aliphatic carboxylic acids is 1. The maximum atomic E-state index is 11.0. The molecule has 12 heavy (non-hydrogen) atoms. The van der Waals surface area contributed by atoms with Crippen LogP contribution in [-0.4, -0.2) is 40.1 Å². The van der Waals surface area contributed by atoms with E-state index in [9.17, 15) is 9.59 Å². The first-order valence-electron chi connectivity index (χ1n) is 3.51. The van der Waals surface area contributed by atoms with Crippen LogP contribution in [-0.2, 0) is 4.79 Å². The van der Waals surface area contributed by atoms with E-state index in [2.05, 4.69) is 0 Å². The molecule has 1 amide bonds. The highest BCUT2D eigenvalue weighted by Crippen LogP contribution is 2.16. The number of nitrogens with zero attached hydrogens (tertiary/aromatic N) is 1. The summed E-state index contributed by atoms with van der Waals surface area (Å²) in [5, 5.41) is 8.29. The van der Waals surface area contributed by atoms with Gasteiger partial charge in [0, 0.05) is 24.9 Å². The SMILES string of the molecule is O=C(O)C=CCN1CCSC1=O. The molecule has 0 bridgehead atoms. The smallest absolute Gasteiger partial charge is 0.328 e. The molecule has 1 fully saturated rings. The van der Waals surface area contributed by atoms with Crippen molar-refractivity contribution in [3.05, 3.63) is 12.2 Å². The van der Waals surface area contributed by atoms with E-state index in [0.717, 1.165) is 11.8 Å². The Bertz CT molecular complexity index is 227. The normalized spacial score (nSPS) is 17.7. The molecule has 0 aromatic carbocycles. The van der Waals surface area contributed by atoms with E-state index >= 15 is 0 Å². The molecule has 1 aliphatic rings. The van der Waals surface area contributed by atoms with Gasteiger partial charge in [0.2, 0.25) is 0 Å². The Balaban J connectivity index is 2.31. The van der Waals surface area contributed by atoms with Crippen LogP contribution in [0.25, 0.3) is 0 Å². The van der Waals surface area contributed by atoms with Gasteiger partial charge in [-0.15, -0.1) is 0 Å². The highest BCUT2D eigenvalue weighted by atomic mass is 32.2. The van der Waals surface area contributed by atoms with Crippen molar-refractivity contribution in [1.29, 1.82) is 0 Å². The number of carboxylic acid groups (broad SMARTS) is 1. The lowest BCUT2D eigenvalue weighted by Gasteiger charge is -2.09. The van der Waals surface area contributed by atoms with Crippen LogP contribution in [0, 0.1) is 0 Å². The molecule has 66 valence electrons. The zero-order valence-electron chi connectivity index (χ0n) is 6.40. The van der Waals surface area contributed by atoms with Gasteiger partial charge >= 0.3 is 5.97 Å². The minimum atomic E-state index is -0.978. The molecule has 1 N–H and O–H groups in total. The Kier molecular flexibility index (Phi) is 3.16. The Labute approximate surface area is 74.2 Å². The molecule has 0 aromatic rings. The summed E-state index contributed by atoms with van der Waals surface area (Å²) in [6, 6.07) is 0. The van der Waals surface area contributed by atoms with E-state index < -0.39 is 5.97 Å². The Morgan fingerprint density at radius 3 is 3.00 bits per heavy atom. The number of hydrogen-bond acceptors (Lipinski definition) is 3. The Hall–Kier alpha value is -0.970. The van der Waals surface area contributed by atoms with Crippen LogP contribution in [0.4, 0.5) is 4.79 Å². The van der Waals surface area contributed by atoms with Crippen LogP contribution >= 0.6 is 11.8 Å². The van der Waals surface area contributed by atoms with Crippen molar-refractivity contribution in [1.82, 2.24) is 4.90 Å². The first-order chi connectivity index (χ1) is 5.70. The number of thioether (sulfide) groups is 1. The standard InChI is InChI=1S/C7H9NO3S/c9-6(10)2-1-3-8-4-5-12-7(8)11/h1-2H,3-5H2,(H,9,10). The molecule has 1 saturated heterocycles. The monoisotopic (exact) mass is 187 g/mol. The number of hydrogen-bond donors (Lipinski definition) is 1. The second kappa shape index (κ2) is 4.15. The van der Waals surface area contributed by atoms with Crippen molar-refractivity contribution in [2.24, 2.45) is 0 Å². The van der Waals surface area contributed by atoms with Crippen LogP contribution in [0.3, 0.4) is 0 Å². The minimum absolute atomic E-state index is 0.0324. The largest absolute Gasteiger partial charge is 0.478 e. The second-order valence-corrected chi connectivity index (χ2v) is 3.35. The van der Waals surface area contributed by atoms with Gasteiger partial charge in [-0.05, 0) is 0 Å². The first kappa shape index (κ1) is 9.12. The average Bonchev–Trinajstić information content (AvgIpc) is 2.36. The molecular formula is C7H9NO3S. The summed E-state index contributed by atoms with van der Waals surface area (Å²) >= 11 is 1.27. The third-order valence-electron chi connectivity index (χ3n) is 1.43. The van der Waals surface area contributed by atoms with E-state index in [4.69, 9.17) is 5.11 Å². The van der Waals surface area contributed by atoms with Gasteiger partial charge in [0.15, 0.2) is 0 Å².